The molecule has 0 heterocycles. The van der Waals surface area contributed by atoms with E-state index in [-0.39, 0.29) is 0 Å². The number of rotatable bonds is 12. The molecular formula is C23H33N3O4. The van der Waals surface area contributed by atoms with Crippen LogP contribution in [0.4, 0.5) is 0 Å². The second-order valence-corrected chi connectivity index (χ2v) is 6.68. The van der Waals surface area contributed by atoms with Crippen molar-refractivity contribution in [1.82, 2.24) is 10.6 Å². The number of guanidine groups is 1. The van der Waals surface area contributed by atoms with Gasteiger partial charge in [0.2, 0.25) is 0 Å². The van der Waals surface area contributed by atoms with Crippen molar-refractivity contribution in [3.8, 4) is 17.2 Å². The van der Waals surface area contributed by atoms with Gasteiger partial charge in [-0.15, -0.1) is 0 Å². The molecule has 2 aromatic carbocycles. The zero-order chi connectivity index (χ0) is 21.6. The zero-order valence-electron chi connectivity index (χ0n) is 18.4. The molecule has 30 heavy (non-hydrogen) atoms. The molecule has 0 fully saturated rings. The summed E-state index contributed by atoms with van der Waals surface area (Å²) < 4.78 is 21.8. The first-order chi connectivity index (χ1) is 14.7. The lowest BCUT2D eigenvalue weighted by atomic mass is 10.1. The van der Waals surface area contributed by atoms with E-state index in [1.165, 1.54) is 0 Å². The summed E-state index contributed by atoms with van der Waals surface area (Å²) >= 11 is 0. The summed E-state index contributed by atoms with van der Waals surface area (Å²) in [6.07, 6.45) is 0.850. The van der Waals surface area contributed by atoms with Crippen LogP contribution >= 0.6 is 0 Å². The summed E-state index contributed by atoms with van der Waals surface area (Å²) in [5.74, 6) is 3.25. The SMILES string of the molecule is CN=C(NCCCOc1ccc(OC)cc1)NCc1ccc(C)cc1OCCOC. The van der Waals surface area contributed by atoms with Crippen LogP contribution in [0, 0.1) is 6.92 Å². The minimum Gasteiger partial charge on any atom is -0.497 e. The number of hydrogen-bond donors (Lipinski definition) is 2. The largest absolute Gasteiger partial charge is 0.497 e. The fraction of sp³-hybridized carbons (Fsp3) is 0.435. The highest BCUT2D eigenvalue weighted by Crippen LogP contribution is 2.20. The van der Waals surface area contributed by atoms with Crippen molar-refractivity contribution in [2.45, 2.75) is 19.9 Å². The molecule has 0 aliphatic heterocycles. The molecule has 0 saturated carbocycles. The second kappa shape index (κ2) is 13.3. The number of benzene rings is 2. The van der Waals surface area contributed by atoms with Crippen LogP contribution < -0.4 is 24.8 Å². The maximum absolute atomic E-state index is 5.84. The zero-order valence-corrected chi connectivity index (χ0v) is 18.4. The van der Waals surface area contributed by atoms with Crippen LogP contribution in [0.2, 0.25) is 0 Å². The van der Waals surface area contributed by atoms with E-state index in [4.69, 9.17) is 18.9 Å². The summed E-state index contributed by atoms with van der Waals surface area (Å²) in [5.41, 5.74) is 2.23. The first-order valence-corrected chi connectivity index (χ1v) is 10.1. The lowest BCUT2D eigenvalue weighted by molar-refractivity contribution is 0.145. The Labute approximate surface area is 179 Å². The van der Waals surface area contributed by atoms with Gasteiger partial charge in [0.25, 0.3) is 0 Å². The average Bonchev–Trinajstić information content (AvgIpc) is 2.77. The molecule has 0 atom stereocenters. The number of hydrogen-bond acceptors (Lipinski definition) is 5. The van der Waals surface area contributed by atoms with Gasteiger partial charge in [-0.25, -0.2) is 0 Å². The Morgan fingerprint density at radius 3 is 2.37 bits per heavy atom. The van der Waals surface area contributed by atoms with Gasteiger partial charge in [-0.05, 0) is 49.2 Å². The maximum Gasteiger partial charge on any atom is 0.191 e. The normalized spacial score (nSPS) is 11.1. The van der Waals surface area contributed by atoms with Gasteiger partial charge in [0, 0.05) is 32.8 Å². The fourth-order valence-corrected chi connectivity index (χ4v) is 2.72. The Morgan fingerprint density at radius 1 is 0.900 bits per heavy atom. The Bertz CT molecular complexity index is 779. The number of ether oxygens (including phenoxy) is 4. The predicted molar refractivity (Wildman–Crippen MR) is 120 cm³/mol. The first kappa shape index (κ1) is 23.3. The molecule has 0 aliphatic rings. The summed E-state index contributed by atoms with van der Waals surface area (Å²) in [6.45, 7) is 5.11. The molecule has 2 N–H and O–H groups in total. The molecule has 164 valence electrons. The van der Waals surface area contributed by atoms with Crippen molar-refractivity contribution < 1.29 is 18.9 Å². The van der Waals surface area contributed by atoms with Crippen molar-refractivity contribution in [3.05, 3.63) is 53.6 Å². The molecule has 7 nitrogen and oxygen atoms in total. The summed E-state index contributed by atoms with van der Waals surface area (Å²) in [4.78, 5) is 4.28. The number of aryl methyl sites for hydroxylation is 1. The molecule has 0 aromatic heterocycles. The van der Waals surface area contributed by atoms with Crippen molar-refractivity contribution in [2.75, 3.05) is 47.6 Å². The standard InChI is InChI=1S/C23H33N3O4/c1-18-6-7-19(22(16-18)30-15-14-27-3)17-26-23(24-2)25-12-5-13-29-21-10-8-20(28-4)9-11-21/h6-11,16H,5,12-15,17H2,1-4H3,(H2,24,25,26). The van der Waals surface area contributed by atoms with Crippen molar-refractivity contribution >= 4 is 5.96 Å². The highest BCUT2D eigenvalue weighted by Gasteiger charge is 2.06. The highest BCUT2D eigenvalue weighted by molar-refractivity contribution is 5.79. The van der Waals surface area contributed by atoms with Crippen LogP contribution in [0.1, 0.15) is 17.5 Å². The van der Waals surface area contributed by atoms with Crippen molar-refractivity contribution in [3.63, 3.8) is 0 Å². The van der Waals surface area contributed by atoms with Crippen LogP contribution in [-0.4, -0.2) is 53.6 Å². The van der Waals surface area contributed by atoms with Crippen LogP contribution in [0.15, 0.2) is 47.5 Å². The molecule has 0 unspecified atom stereocenters. The van der Waals surface area contributed by atoms with E-state index in [9.17, 15) is 0 Å². The third kappa shape index (κ3) is 8.21. The van der Waals surface area contributed by atoms with Gasteiger partial charge in [-0.3, -0.25) is 4.99 Å². The number of nitrogens with one attached hydrogen (secondary N) is 2. The van der Waals surface area contributed by atoms with E-state index in [2.05, 4.69) is 34.7 Å². The molecule has 2 aromatic rings. The number of nitrogens with zero attached hydrogens (tertiary/aromatic N) is 1. The van der Waals surface area contributed by atoms with E-state index < -0.39 is 0 Å². The van der Waals surface area contributed by atoms with E-state index in [0.717, 1.165) is 47.3 Å². The lowest BCUT2D eigenvalue weighted by Gasteiger charge is -2.15. The van der Waals surface area contributed by atoms with Gasteiger partial charge in [0.15, 0.2) is 5.96 Å². The quantitative estimate of drug-likeness (QED) is 0.315. The lowest BCUT2D eigenvalue weighted by Crippen LogP contribution is -2.37. The molecular weight excluding hydrogens is 382 g/mol. The van der Waals surface area contributed by atoms with Crippen LogP contribution in [0.3, 0.4) is 0 Å². The molecule has 0 spiro atoms. The molecule has 2 rings (SSSR count). The van der Waals surface area contributed by atoms with E-state index >= 15 is 0 Å². The Balaban J connectivity index is 1.72. The van der Waals surface area contributed by atoms with Gasteiger partial charge in [-0.2, -0.15) is 0 Å². The average molecular weight is 416 g/mol. The van der Waals surface area contributed by atoms with E-state index in [0.29, 0.717) is 26.4 Å². The first-order valence-electron chi connectivity index (χ1n) is 10.1. The van der Waals surface area contributed by atoms with Crippen LogP contribution in [0.25, 0.3) is 0 Å². The van der Waals surface area contributed by atoms with Crippen molar-refractivity contribution in [2.24, 2.45) is 4.99 Å². The number of methoxy groups -OCH3 is 2. The summed E-state index contributed by atoms with van der Waals surface area (Å²) in [6, 6.07) is 13.8. The van der Waals surface area contributed by atoms with Gasteiger partial charge in [0.1, 0.15) is 23.9 Å². The van der Waals surface area contributed by atoms with E-state index in [1.54, 1.807) is 21.3 Å². The highest BCUT2D eigenvalue weighted by atomic mass is 16.5. The molecule has 0 radical (unpaired) electrons. The van der Waals surface area contributed by atoms with Gasteiger partial charge >= 0.3 is 0 Å². The Kier molecular flexibility index (Phi) is 10.4. The van der Waals surface area contributed by atoms with Crippen LogP contribution in [0.5, 0.6) is 17.2 Å². The molecule has 7 heteroatoms. The fourth-order valence-electron chi connectivity index (χ4n) is 2.72. The minimum atomic E-state index is 0.522. The molecule has 0 aliphatic carbocycles. The molecule has 0 saturated heterocycles. The third-order valence-electron chi connectivity index (χ3n) is 4.38. The topological polar surface area (TPSA) is 73.3 Å². The van der Waals surface area contributed by atoms with Gasteiger partial charge in [0.05, 0.1) is 20.3 Å². The summed E-state index contributed by atoms with van der Waals surface area (Å²) in [5, 5.41) is 6.64. The summed E-state index contributed by atoms with van der Waals surface area (Å²) in [7, 11) is 5.07. The monoisotopic (exact) mass is 415 g/mol. The Hall–Kier alpha value is -2.93. The predicted octanol–water partition coefficient (Wildman–Crippen LogP) is 3.16. The van der Waals surface area contributed by atoms with Crippen LogP contribution in [-0.2, 0) is 11.3 Å². The molecule has 0 amide bonds. The van der Waals surface area contributed by atoms with E-state index in [1.807, 2.05) is 30.3 Å². The van der Waals surface area contributed by atoms with Gasteiger partial charge in [-0.1, -0.05) is 12.1 Å². The van der Waals surface area contributed by atoms with Gasteiger partial charge < -0.3 is 29.6 Å². The maximum atomic E-state index is 5.84. The smallest absolute Gasteiger partial charge is 0.191 e. The Morgan fingerprint density at radius 2 is 1.67 bits per heavy atom. The third-order valence-corrected chi connectivity index (χ3v) is 4.38. The minimum absolute atomic E-state index is 0.522. The number of aliphatic imine (C=N–C) groups is 1. The van der Waals surface area contributed by atoms with Crippen molar-refractivity contribution in [1.29, 1.82) is 0 Å². The molecule has 0 bridgehead atoms. The second-order valence-electron chi connectivity index (χ2n) is 6.68.